The molecular weight excluding hydrogens is 366 g/mol. The molecule has 2 aliphatic heterocycles. The summed E-state index contributed by atoms with van der Waals surface area (Å²) in [6.45, 7) is 4.96. The molecular formula is C23H25N3O3. The number of carbonyl (C=O) groups is 1. The van der Waals surface area contributed by atoms with Gasteiger partial charge in [-0.15, -0.1) is 0 Å². The van der Waals surface area contributed by atoms with Gasteiger partial charge in [0.25, 0.3) is 5.91 Å². The number of aliphatic hydroxyl groups is 1. The average molecular weight is 391 g/mol. The molecule has 29 heavy (non-hydrogen) atoms. The van der Waals surface area contributed by atoms with Crippen LogP contribution in [-0.2, 0) is 5.60 Å². The van der Waals surface area contributed by atoms with Crippen molar-refractivity contribution in [2.75, 3.05) is 19.7 Å². The number of ether oxygens (including phenoxy) is 1. The molecule has 0 saturated heterocycles. The Balaban J connectivity index is 1.60. The van der Waals surface area contributed by atoms with Crippen molar-refractivity contribution in [1.82, 2.24) is 10.2 Å². The molecule has 0 aliphatic carbocycles. The summed E-state index contributed by atoms with van der Waals surface area (Å²) in [5.41, 5.74) is 2.43. The van der Waals surface area contributed by atoms with Crippen molar-refractivity contribution in [3.63, 3.8) is 0 Å². The van der Waals surface area contributed by atoms with E-state index >= 15 is 0 Å². The zero-order valence-corrected chi connectivity index (χ0v) is 16.6. The molecule has 1 amide bonds. The molecule has 1 atom stereocenters. The van der Waals surface area contributed by atoms with E-state index in [-0.39, 0.29) is 12.1 Å². The molecule has 6 heteroatoms. The number of nitrogens with one attached hydrogen (secondary N) is 1. The van der Waals surface area contributed by atoms with Crippen LogP contribution in [0.5, 0.6) is 5.75 Å². The van der Waals surface area contributed by atoms with Gasteiger partial charge in [0.15, 0.2) is 0 Å². The molecule has 0 bridgehead atoms. The van der Waals surface area contributed by atoms with Gasteiger partial charge in [-0.1, -0.05) is 30.3 Å². The maximum absolute atomic E-state index is 13.2. The second-order valence-electron chi connectivity index (χ2n) is 7.79. The lowest BCUT2D eigenvalue weighted by Gasteiger charge is -2.25. The predicted molar refractivity (Wildman–Crippen MR) is 113 cm³/mol. The fourth-order valence-electron chi connectivity index (χ4n) is 3.50. The third kappa shape index (κ3) is 4.17. The summed E-state index contributed by atoms with van der Waals surface area (Å²) in [6.07, 6.45) is 5.25. The fourth-order valence-corrected chi connectivity index (χ4v) is 3.50. The summed E-state index contributed by atoms with van der Waals surface area (Å²) in [7, 11) is 0. The van der Waals surface area contributed by atoms with E-state index in [9.17, 15) is 9.90 Å². The van der Waals surface area contributed by atoms with Crippen LogP contribution in [0.25, 0.3) is 11.1 Å². The average Bonchev–Trinajstić information content (AvgIpc) is 2.87. The van der Waals surface area contributed by atoms with E-state index < -0.39 is 5.60 Å². The lowest BCUT2D eigenvalue weighted by atomic mass is 9.95. The van der Waals surface area contributed by atoms with Crippen molar-refractivity contribution in [3.8, 4) is 16.9 Å². The van der Waals surface area contributed by atoms with Gasteiger partial charge in [-0.25, -0.2) is 0 Å². The van der Waals surface area contributed by atoms with Crippen LogP contribution in [0.4, 0.5) is 0 Å². The Kier molecular flexibility index (Phi) is 5.11. The van der Waals surface area contributed by atoms with Crippen molar-refractivity contribution < 1.29 is 14.6 Å². The molecule has 0 fully saturated rings. The van der Waals surface area contributed by atoms with Crippen LogP contribution in [0.3, 0.4) is 0 Å². The van der Waals surface area contributed by atoms with Crippen LogP contribution in [0.2, 0.25) is 0 Å². The minimum absolute atomic E-state index is 0.0565. The SMILES string of the molecule is CC(C)(O)c1ccc(-c2ccc3c(c2)C(=O)N(CC2N=CC=CN2)CCO3)cc1. The Hall–Kier alpha value is -3.12. The number of aliphatic imine (C=N–C) groups is 1. The number of fused-ring (bicyclic) bond motifs is 1. The van der Waals surface area contributed by atoms with Crippen LogP contribution >= 0.6 is 0 Å². The minimum atomic E-state index is -0.887. The van der Waals surface area contributed by atoms with E-state index in [0.717, 1.165) is 16.7 Å². The number of benzene rings is 2. The van der Waals surface area contributed by atoms with Crippen molar-refractivity contribution >= 4 is 12.1 Å². The highest BCUT2D eigenvalue weighted by molar-refractivity contribution is 5.98. The number of hydrogen-bond donors (Lipinski definition) is 2. The maximum Gasteiger partial charge on any atom is 0.257 e. The van der Waals surface area contributed by atoms with Gasteiger partial charge in [-0.2, -0.15) is 0 Å². The largest absolute Gasteiger partial charge is 0.491 e. The number of allylic oxidation sites excluding steroid dienone is 1. The third-order valence-electron chi connectivity index (χ3n) is 5.17. The van der Waals surface area contributed by atoms with Gasteiger partial charge in [0.1, 0.15) is 18.5 Å². The summed E-state index contributed by atoms with van der Waals surface area (Å²) in [6, 6.07) is 13.4. The first kappa shape index (κ1) is 19.2. The van der Waals surface area contributed by atoms with Crippen molar-refractivity contribution in [2.45, 2.75) is 25.6 Å². The van der Waals surface area contributed by atoms with E-state index in [2.05, 4.69) is 10.3 Å². The standard InChI is InChI=1S/C23H25N3O3/c1-23(2,28)18-7-4-16(5-8-18)17-6-9-20-19(14-17)22(27)26(12-13-29-20)15-21-24-10-3-11-25-21/h3-11,14,21,24,28H,12-13,15H2,1-2H3. The maximum atomic E-state index is 13.2. The van der Waals surface area contributed by atoms with Crippen LogP contribution in [0.15, 0.2) is 59.7 Å². The Morgan fingerprint density at radius 3 is 2.66 bits per heavy atom. The highest BCUT2D eigenvalue weighted by Crippen LogP contribution is 2.30. The van der Waals surface area contributed by atoms with Crippen LogP contribution in [0.1, 0.15) is 29.8 Å². The first-order valence-corrected chi connectivity index (χ1v) is 9.75. The van der Waals surface area contributed by atoms with Gasteiger partial charge in [-0.3, -0.25) is 9.79 Å². The molecule has 4 rings (SSSR count). The second-order valence-corrected chi connectivity index (χ2v) is 7.79. The Morgan fingerprint density at radius 2 is 1.97 bits per heavy atom. The molecule has 6 nitrogen and oxygen atoms in total. The molecule has 0 radical (unpaired) electrons. The molecule has 0 aromatic heterocycles. The van der Waals surface area contributed by atoms with Gasteiger partial charge in [0.2, 0.25) is 0 Å². The minimum Gasteiger partial charge on any atom is -0.491 e. The molecule has 2 aromatic rings. The fraction of sp³-hybridized carbons (Fsp3) is 0.304. The summed E-state index contributed by atoms with van der Waals surface area (Å²) >= 11 is 0. The lowest BCUT2D eigenvalue weighted by Crippen LogP contribution is -2.42. The normalized spacial score (nSPS) is 18.7. The quantitative estimate of drug-likeness (QED) is 0.840. The highest BCUT2D eigenvalue weighted by atomic mass is 16.5. The first-order chi connectivity index (χ1) is 13.9. The smallest absolute Gasteiger partial charge is 0.257 e. The molecule has 1 unspecified atom stereocenters. The summed E-state index contributed by atoms with van der Waals surface area (Å²) in [5.74, 6) is 0.549. The zero-order valence-electron chi connectivity index (χ0n) is 16.6. The zero-order chi connectivity index (χ0) is 20.4. The molecule has 2 heterocycles. The van der Waals surface area contributed by atoms with Gasteiger partial charge in [0.05, 0.1) is 24.3 Å². The number of hydrogen-bond acceptors (Lipinski definition) is 5. The van der Waals surface area contributed by atoms with Crippen molar-refractivity contribution in [3.05, 3.63) is 65.9 Å². The lowest BCUT2D eigenvalue weighted by molar-refractivity contribution is 0.0741. The summed E-state index contributed by atoms with van der Waals surface area (Å²) in [4.78, 5) is 19.3. The van der Waals surface area contributed by atoms with E-state index in [0.29, 0.717) is 31.0 Å². The molecule has 2 aromatic carbocycles. The number of carbonyl (C=O) groups excluding carboxylic acids is 1. The molecule has 2 N–H and O–H groups in total. The number of amides is 1. The predicted octanol–water partition coefficient (Wildman–Crippen LogP) is 2.93. The van der Waals surface area contributed by atoms with E-state index in [1.165, 1.54) is 0 Å². The van der Waals surface area contributed by atoms with E-state index in [1.807, 2.05) is 54.7 Å². The van der Waals surface area contributed by atoms with E-state index in [1.54, 1.807) is 25.0 Å². The van der Waals surface area contributed by atoms with Gasteiger partial charge in [-0.05, 0) is 54.9 Å². The van der Waals surface area contributed by atoms with Gasteiger partial charge in [0, 0.05) is 6.21 Å². The molecule has 0 spiro atoms. The van der Waals surface area contributed by atoms with Crippen LogP contribution in [0, 0.1) is 0 Å². The Morgan fingerprint density at radius 1 is 1.21 bits per heavy atom. The Labute approximate surface area is 170 Å². The molecule has 0 saturated carbocycles. The number of nitrogens with zero attached hydrogens (tertiary/aromatic N) is 2. The summed E-state index contributed by atoms with van der Waals surface area (Å²) < 4.78 is 5.82. The van der Waals surface area contributed by atoms with Crippen molar-refractivity contribution in [2.24, 2.45) is 4.99 Å². The van der Waals surface area contributed by atoms with Crippen molar-refractivity contribution in [1.29, 1.82) is 0 Å². The Bertz CT molecular complexity index is 958. The second kappa shape index (κ2) is 7.72. The van der Waals surface area contributed by atoms with Crippen LogP contribution < -0.4 is 10.1 Å². The number of rotatable bonds is 4. The molecule has 150 valence electrons. The van der Waals surface area contributed by atoms with Crippen LogP contribution in [-0.4, -0.2) is 48.0 Å². The highest BCUT2D eigenvalue weighted by Gasteiger charge is 2.26. The van der Waals surface area contributed by atoms with E-state index in [4.69, 9.17) is 4.74 Å². The summed E-state index contributed by atoms with van der Waals surface area (Å²) in [5, 5.41) is 13.3. The third-order valence-corrected chi connectivity index (χ3v) is 5.17. The monoisotopic (exact) mass is 391 g/mol. The first-order valence-electron chi connectivity index (χ1n) is 9.75. The molecule has 2 aliphatic rings. The topological polar surface area (TPSA) is 74.2 Å². The van der Waals surface area contributed by atoms with Gasteiger partial charge >= 0.3 is 0 Å². The van der Waals surface area contributed by atoms with Gasteiger partial charge < -0.3 is 20.1 Å².